The van der Waals surface area contributed by atoms with Crippen molar-refractivity contribution in [3.8, 4) is 17.2 Å². The van der Waals surface area contributed by atoms with Crippen LogP contribution in [0.4, 0.5) is 13.6 Å². The summed E-state index contributed by atoms with van der Waals surface area (Å²) in [5, 5.41) is 20.0. The van der Waals surface area contributed by atoms with Crippen LogP contribution < -0.4 is 5.69 Å². The van der Waals surface area contributed by atoms with Crippen LogP contribution in [-0.4, -0.2) is 50.8 Å². The third-order valence-corrected chi connectivity index (χ3v) is 9.61. The van der Waals surface area contributed by atoms with Gasteiger partial charge in [-0.3, -0.25) is 18.7 Å². The molecule has 7 rings (SSSR count). The van der Waals surface area contributed by atoms with Crippen LogP contribution in [0.25, 0.3) is 28.1 Å². The summed E-state index contributed by atoms with van der Waals surface area (Å²) in [6.07, 6.45) is 5.01. The Hall–Kier alpha value is -4.74. The molecular formula is C32H33F2N7O3. The van der Waals surface area contributed by atoms with Crippen molar-refractivity contribution in [2.24, 2.45) is 12.5 Å². The Morgan fingerprint density at radius 1 is 1.07 bits per heavy atom. The molecule has 2 aromatic carbocycles. The number of imidazole rings is 1. The Balaban J connectivity index is 1.55. The minimum Gasteiger partial charge on any atom is -0.465 e. The van der Waals surface area contributed by atoms with Crippen LogP contribution in [0.3, 0.4) is 0 Å². The van der Waals surface area contributed by atoms with Gasteiger partial charge in [0.25, 0.3) is 0 Å². The number of hydrogen-bond donors (Lipinski definition) is 1. The number of rotatable bonds is 3. The van der Waals surface area contributed by atoms with E-state index in [2.05, 4.69) is 5.10 Å². The number of aryl methyl sites for hydroxylation is 3. The van der Waals surface area contributed by atoms with E-state index >= 15 is 4.39 Å². The SMILES string of the molecule is Cc1cc(-n2nc3c(c2-n2ccn(-c4ccc5c(cnn5C)c4F)c2=O)C2(C(C)(C)C)CCC(C3)N2C(=O)O)cc(C)c1F. The molecule has 1 amide bonds. The first-order valence-corrected chi connectivity index (χ1v) is 14.6. The number of amides is 1. The maximum atomic E-state index is 15.8. The molecule has 2 aliphatic rings. The standard InChI is InChI=1S/C32H33F2N7O3/c1-17-13-20(14-18(2)26(17)33)41-28(25-22(36-41)15-19-9-10-32(25,31(3,4)5)40(19)30(43)44)39-12-11-38(29(39)42)24-8-7-23-21(27(24)34)16-35-37(23)6/h7-8,11-14,16,19H,9-10,15H2,1-6H3,(H,43,44). The number of carboxylic acid groups (broad SMARTS) is 1. The van der Waals surface area contributed by atoms with Gasteiger partial charge in [0.2, 0.25) is 0 Å². The van der Waals surface area contributed by atoms with E-state index in [1.54, 1.807) is 59.6 Å². The molecule has 1 saturated heterocycles. The van der Waals surface area contributed by atoms with E-state index < -0.39 is 28.6 Å². The summed E-state index contributed by atoms with van der Waals surface area (Å²) in [7, 11) is 1.71. The molecule has 2 bridgehead atoms. The molecule has 44 heavy (non-hydrogen) atoms. The van der Waals surface area contributed by atoms with Crippen LogP contribution in [0.1, 0.15) is 56.0 Å². The lowest BCUT2D eigenvalue weighted by atomic mass is 9.66. The van der Waals surface area contributed by atoms with Crippen molar-refractivity contribution in [1.82, 2.24) is 33.6 Å². The van der Waals surface area contributed by atoms with Gasteiger partial charge in [-0.1, -0.05) is 20.8 Å². The van der Waals surface area contributed by atoms with Crippen molar-refractivity contribution < 1.29 is 18.7 Å². The molecule has 2 aliphatic heterocycles. The largest absolute Gasteiger partial charge is 0.465 e. The lowest BCUT2D eigenvalue weighted by Gasteiger charge is -2.51. The number of benzene rings is 2. The van der Waals surface area contributed by atoms with Crippen LogP contribution in [0.5, 0.6) is 0 Å². The summed E-state index contributed by atoms with van der Waals surface area (Å²) in [6, 6.07) is 6.31. The maximum absolute atomic E-state index is 15.8. The summed E-state index contributed by atoms with van der Waals surface area (Å²) in [4.78, 5) is 28.7. The molecule has 0 aliphatic carbocycles. The second-order valence-electron chi connectivity index (χ2n) is 13.0. The van der Waals surface area contributed by atoms with E-state index in [4.69, 9.17) is 5.10 Å². The van der Waals surface area contributed by atoms with Crippen LogP contribution in [0, 0.1) is 30.9 Å². The molecule has 1 N–H and O–H groups in total. The minimum absolute atomic E-state index is 0.0567. The Kier molecular flexibility index (Phi) is 5.82. The highest BCUT2D eigenvalue weighted by Gasteiger charge is 2.62. The average Bonchev–Trinajstić information content (AvgIpc) is 3.70. The van der Waals surface area contributed by atoms with Gasteiger partial charge in [-0.2, -0.15) is 10.2 Å². The van der Waals surface area contributed by atoms with Gasteiger partial charge in [0, 0.05) is 37.5 Å². The molecule has 228 valence electrons. The first kappa shape index (κ1) is 28.1. The number of nitrogens with zero attached hydrogens (tertiary/aromatic N) is 7. The molecule has 10 nitrogen and oxygen atoms in total. The van der Waals surface area contributed by atoms with Crippen molar-refractivity contribution in [1.29, 1.82) is 0 Å². The van der Waals surface area contributed by atoms with E-state index in [-0.39, 0.29) is 22.9 Å². The van der Waals surface area contributed by atoms with Crippen molar-refractivity contribution in [2.75, 3.05) is 0 Å². The molecular weight excluding hydrogens is 568 g/mol. The normalized spacial score (nSPS) is 19.6. The number of aromatic nitrogens is 6. The molecule has 0 saturated carbocycles. The second-order valence-corrected chi connectivity index (χ2v) is 13.0. The molecule has 2 atom stereocenters. The summed E-state index contributed by atoms with van der Waals surface area (Å²) in [5.41, 5.74) is 1.19. The summed E-state index contributed by atoms with van der Waals surface area (Å²) in [6.45, 7) is 9.33. The quantitative estimate of drug-likeness (QED) is 0.293. The monoisotopic (exact) mass is 601 g/mol. The van der Waals surface area contributed by atoms with E-state index in [0.29, 0.717) is 58.7 Å². The van der Waals surface area contributed by atoms with Crippen LogP contribution in [0.2, 0.25) is 0 Å². The summed E-state index contributed by atoms with van der Waals surface area (Å²) in [5.74, 6) is -0.560. The van der Waals surface area contributed by atoms with Crippen molar-refractivity contribution in [3.63, 3.8) is 0 Å². The summed E-state index contributed by atoms with van der Waals surface area (Å²) < 4.78 is 36.3. The van der Waals surface area contributed by atoms with Gasteiger partial charge in [-0.05, 0) is 67.5 Å². The number of fused-ring (bicyclic) bond motifs is 5. The molecule has 0 radical (unpaired) electrons. The maximum Gasteiger partial charge on any atom is 0.408 e. The predicted molar refractivity (Wildman–Crippen MR) is 160 cm³/mol. The first-order valence-electron chi connectivity index (χ1n) is 14.6. The zero-order valence-corrected chi connectivity index (χ0v) is 25.4. The smallest absolute Gasteiger partial charge is 0.408 e. The fourth-order valence-corrected chi connectivity index (χ4v) is 7.59. The summed E-state index contributed by atoms with van der Waals surface area (Å²) >= 11 is 0. The van der Waals surface area contributed by atoms with Gasteiger partial charge in [0.15, 0.2) is 11.6 Å². The Labute approximate surface area is 251 Å². The highest BCUT2D eigenvalue weighted by molar-refractivity contribution is 5.81. The zero-order valence-electron chi connectivity index (χ0n) is 25.4. The van der Waals surface area contributed by atoms with Crippen LogP contribution in [-0.2, 0) is 19.0 Å². The molecule has 5 heterocycles. The molecule has 0 spiro atoms. The average molecular weight is 602 g/mol. The fraction of sp³-hybridized carbons (Fsp3) is 0.375. The van der Waals surface area contributed by atoms with Crippen LogP contribution >= 0.6 is 0 Å². The molecule has 5 aromatic rings. The van der Waals surface area contributed by atoms with Gasteiger partial charge in [-0.25, -0.2) is 23.1 Å². The second kappa shape index (κ2) is 9.13. The van der Waals surface area contributed by atoms with Gasteiger partial charge in [0.1, 0.15) is 5.82 Å². The van der Waals surface area contributed by atoms with Crippen molar-refractivity contribution >= 4 is 17.0 Å². The fourth-order valence-electron chi connectivity index (χ4n) is 7.59. The minimum atomic E-state index is -1.03. The van der Waals surface area contributed by atoms with E-state index in [0.717, 1.165) is 0 Å². The van der Waals surface area contributed by atoms with Gasteiger partial charge < -0.3 is 5.11 Å². The van der Waals surface area contributed by atoms with Gasteiger partial charge >= 0.3 is 11.8 Å². The topological polar surface area (TPSA) is 103 Å². The van der Waals surface area contributed by atoms with Crippen molar-refractivity contribution in [2.45, 2.75) is 65.5 Å². The molecule has 2 unspecified atom stereocenters. The first-order chi connectivity index (χ1) is 20.8. The third kappa shape index (κ3) is 3.56. The number of carbonyl (C=O) groups is 1. The van der Waals surface area contributed by atoms with Gasteiger partial charge in [-0.15, -0.1) is 0 Å². The van der Waals surface area contributed by atoms with Crippen molar-refractivity contribution in [3.05, 3.63) is 87.4 Å². The predicted octanol–water partition coefficient (Wildman–Crippen LogP) is 5.54. The third-order valence-electron chi connectivity index (χ3n) is 9.61. The highest BCUT2D eigenvalue weighted by Crippen LogP contribution is 2.59. The van der Waals surface area contributed by atoms with Crippen LogP contribution in [0.15, 0.2) is 47.7 Å². The lowest BCUT2D eigenvalue weighted by Crippen LogP contribution is -2.58. The molecule has 12 heteroatoms. The number of hydrogen-bond acceptors (Lipinski definition) is 4. The lowest BCUT2D eigenvalue weighted by molar-refractivity contribution is 0.00191. The highest BCUT2D eigenvalue weighted by atomic mass is 19.1. The van der Waals surface area contributed by atoms with E-state index in [9.17, 15) is 19.1 Å². The van der Waals surface area contributed by atoms with Gasteiger partial charge in [0.05, 0.1) is 39.7 Å². The van der Waals surface area contributed by atoms with E-state index in [1.807, 2.05) is 20.8 Å². The molecule has 3 aromatic heterocycles. The Morgan fingerprint density at radius 3 is 2.41 bits per heavy atom. The number of halogens is 2. The van der Waals surface area contributed by atoms with E-state index in [1.165, 1.54) is 27.6 Å². The Bertz CT molecular complexity index is 2060. The Morgan fingerprint density at radius 2 is 1.75 bits per heavy atom. The molecule has 1 fully saturated rings. The zero-order chi connectivity index (χ0) is 31.5.